The van der Waals surface area contributed by atoms with Crippen LogP contribution in [0.1, 0.15) is 47.7 Å². The van der Waals surface area contributed by atoms with E-state index in [1.807, 2.05) is 18.2 Å². The van der Waals surface area contributed by atoms with E-state index in [1.165, 1.54) is 12.7 Å². The van der Waals surface area contributed by atoms with Gasteiger partial charge in [0.15, 0.2) is 0 Å². The number of esters is 1. The minimum absolute atomic E-state index is 0.149. The molecule has 0 aromatic heterocycles. The summed E-state index contributed by atoms with van der Waals surface area (Å²) in [6, 6.07) is 10.1. The summed E-state index contributed by atoms with van der Waals surface area (Å²) in [4.78, 5) is 12.0. The van der Waals surface area contributed by atoms with Crippen LogP contribution >= 0.6 is 0 Å². The van der Waals surface area contributed by atoms with Crippen LogP contribution in [-0.2, 0) is 11.2 Å². The molecule has 1 N–H and O–H groups in total. The van der Waals surface area contributed by atoms with Crippen molar-refractivity contribution >= 4 is 5.97 Å². The minimum Gasteiger partial charge on any atom is -0.465 e. The standard InChI is InChI=1S/C18H22O3/c1-12(2)13-6-4-8-15-14(7-5-9-19)11-17(16(15)10-13)18(20)21-3/h4,6,8,10-12,19H,5,7,9H2,1-3H3. The molecule has 0 heterocycles. The average molecular weight is 286 g/mol. The summed E-state index contributed by atoms with van der Waals surface area (Å²) in [6.07, 6.45) is 1.44. The van der Waals surface area contributed by atoms with E-state index in [0.29, 0.717) is 17.9 Å². The van der Waals surface area contributed by atoms with E-state index in [1.54, 1.807) is 0 Å². The summed E-state index contributed by atoms with van der Waals surface area (Å²) >= 11 is 0. The van der Waals surface area contributed by atoms with E-state index in [0.717, 1.165) is 23.1 Å². The summed E-state index contributed by atoms with van der Waals surface area (Å²) < 4.78 is 4.90. The van der Waals surface area contributed by atoms with Crippen LogP contribution in [0, 0.1) is 0 Å². The van der Waals surface area contributed by atoms with Gasteiger partial charge in [0, 0.05) is 6.61 Å². The van der Waals surface area contributed by atoms with Crippen molar-refractivity contribution in [3.63, 3.8) is 0 Å². The summed E-state index contributed by atoms with van der Waals surface area (Å²) in [5.74, 6) is 0.0815. The van der Waals surface area contributed by atoms with Crippen LogP contribution < -0.4 is 0 Å². The SMILES string of the molecule is COC(=O)c1cc(CCCO)c2cccc(C(C)C)cc1-2. The number of aliphatic hydroxyl groups excluding tert-OH is 1. The molecule has 3 heteroatoms. The van der Waals surface area contributed by atoms with Crippen LogP contribution in [0.2, 0.25) is 0 Å². The monoisotopic (exact) mass is 286 g/mol. The Kier molecular flexibility index (Phi) is 4.97. The number of carbonyl (C=O) groups excluding carboxylic acids is 1. The molecule has 0 aromatic carbocycles. The second-order valence-electron chi connectivity index (χ2n) is 5.55. The van der Waals surface area contributed by atoms with Crippen molar-refractivity contribution in [1.29, 1.82) is 0 Å². The molecule has 2 aliphatic carbocycles. The lowest BCUT2D eigenvalue weighted by Gasteiger charge is -2.05. The number of rotatable bonds is 5. The Hall–Kier alpha value is -1.87. The van der Waals surface area contributed by atoms with Gasteiger partial charge in [-0.3, -0.25) is 0 Å². The maximum atomic E-state index is 12.0. The van der Waals surface area contributed by atoms with Gasteiger partial charge in [0.2, 0.25) is 0 Å². The molecule has 0 aliphatic heterocycles. The van der Waals surface area contributed by atoms with Crippen LogP contribution in [-0.4, -0.2) is 24.8 Å². The lowest BCUT2D eigenvalue weighted by Crippen LogP contribution is -2.00. The van der Waals surface area contributed by atoms with Gasteiger partial charge in [0.1, 0.15) is 0 Å². The molecule has 112 valence electrons. The lowest BCUT2D eigenvalue weighted by molar-refractivity contribution is 0.0602. The first-order valence-corrected chi connectivity index (χ1v) is 7.33. The smallest absolute Gasteiger partial charge is 0.338 e. The van der Waals surface area contributed by atoms with Gasteiger partial charge in [-0.15, -0.1) is 0 Å². The van der Waals surface area contributed by atoms with Crippen molar-refractivity contribution in [2.75, 3.05) is 13.7 Å². The Morgan fingerprint density at radius 1 is 1.24 bits per heavy atom. The first kappa shape index (κ1) is 15.5. The molecule has 0 amide bonds. The largest absolute Gasteiger partial charge is 0.465 e. The number of fused-ring (bicyclic) bond motifs is 1. The zero-order chi connectivity index (χ0) is 15.4. The predicted molar refractivity (Wildman–Crippen MR) is 83.9 cm³/mol. The third-order valence-electron chi connectivity index (χ3n) is 3.78. The Morgan fingerprint density at radius 2 is 2.00 bits per heavy atom. The molecular formula is C18H22O3. The zero-order valence-corrected chi connectivity index (χ0v) is 12.8. The van der Waals surface area contributed by atoms with Crippen molar-refractivity contribution in [2.24, 2.45) is 0 Å². The molecule has 0 bridgehead atoms. The van der Waals surface area contributed by atoms with Crippen LogP contribution in [0.15, 0.2) is 30.3 Å². The van der Waals surface area contributed by atoms with Gasteiger partial charge in [0.05, 0.1) is 12.7 Å². The van der Waals surface area contributed by atoms with E-state index < -0.39 is 0 Å². The Bertz CT molecular complexity index is 602. The quantitative estimate of drug-likeness (QED) is 0.854. The van der Waals surface area contributed by atoms with Gasteiger partial charge in [0.25, 0.3) is 0 Å². The highest BCUT2D eigenvalue weighted by Gasteiger charge is 2.20. The summed E-state index contributed by atoms with van der Waals surface area (Å²) in [5, 5.41) is 9.04. The molecule has 3 nitrogen and oxygen atoms in total. The normalized spacial score (nSPS) is 11.1. The Morgan fingerprint density at radius 3 is 2.62 bits per heavy atom. The third kappa shape index (κ3) is 3.24. The van der Waals surface area contributed by atoms with Gasteiger partial charge < -0.3 is 9.84 Å². The topological polar surface area (TPSA) is 46.5 Å². The van der Waals surface area contributed by atoms with E-state index >= 15 is 0 Å². The molecule has 0 atom stereocenters. The van der Waals surface area contributed by atoms with Crippen LogP contribution in [0.25, 0.3) is 11.1 Å². The molecule has 21 heavy (non-hydrogen) atoms. The third-order valence-corrected chi connectivity index (χ3v) is 3.78. The molecular weight excluding hydrogens is 264 g/mol. The molecule has 2 aliphatic rings. The van der Waals surface area contributed by atoms with Crippen molar-refractivity contribution in [1.82, 2.24) is 0 Å². The fourth-order valence-corrected chi connectivity index (χ4v) is 2.58. The predicted octanol–water partition coefficient (Wildman–Crippen LogP) is 3.63. The second-order valence-corrected chi connectivity index (χ2v) is 5.55. The number of hydrogen-bond donors (Lipinski definition) is 1. The molecule has 2 rings (SSSR count). The van der Waals surface area contributed by atoms with Crippen molar-refractivity contribution in [2.45, 2.75) is 32.6 Å². The number of carbonyl (C=O) groups is 1. The van der Waals surface area contributed by atoms with Crippen LogP contribution in [0.4, 0.5) is 0 Å². The van der Waals surface area contributed by atoms with Gasteiger partial charge in [-0.05, 0) is 47.1 Å². The highest BCUT2D eigenvalue weighted by molar-refractivity contribution is 6.00. The molecule has 0 fully saturated rings. The zero-order valence-electron chi connectivity index (χ0n) is 12.8. The van der Waals surface area contributed by atoms with E-state index in [-0.39, 0.29) is 12.6 Å². The fourth-order valence-electron chi connectivity index (χ4n) is 2.58. The molecule has 0 saturated heterocycles. The molecule has 0 saturated carbocycles. The number of aliphatic hydroxyl groups is 1. The van der Waals surface area contributed by atoms with E-state index in [2.05, 4.69) is 26.0 Å². The highest BCUT2D eigenvalue weighted by atomic mass is 16.5. The molecule has 0 unspecified atom stereocenters. The second kappa shape index (κ2) is 6.72. The number of methoxy groups -OCH3 is 1. The maximum absolute atomic E-state index is 12.0. The van der Waals surface area contributed by atoms with Crippen molar-refractivity contribution in [3.05, 3.63) is 47.0 Å². The van der Waals surface area contributed by atoms with Gasteiger partial charge in [-0.1, -0.05) is 38.1 Å². The summed E-state index contributed by atoms with van der Waals surface area (Å²) in [6.45, 7) is 4.42. The average Bonchev–Trinajstić information content (AvgIpc) is 2.67. The van der Waals surface area contributed by atoms with Crippen LogP contribution in [0.3, 0.4) is 0 Å². The first-order chi connectivity index (χ1) is 10.1. The molecule has 0 aromatic rings. The van der Waals surface area contributed by atoms with Gasteiger partial charge in [-0.2, -0.15) is 0 Å². The van der Waals surface area contributed by atoms with Crippen LogP contribution in [0.5, 0.6) is 0 Å². The fraction of sp³-hybridized carbons (Fsp3) is 0.389. The molecule has 0 radical (unpaired) electrons. The minimum atomic E-state index is -0.309. The number of ether oxygens (including phenoxy) is 1. The Balaban J connectivity index is 2.59. The summed E-state index contributed by atoms with van der Waals surface area (Å²) in [7, 11) is 1.40. The number of aryl methyl sites for hydroxylation is 1. The highest BCUT2D eigenvalue weighted by Crippen LogP contribution is 2.35. The Labute approximate surface area is 125 Å². The van der Waals surface area contributed by atoms with Crippen molar-refractivity contribution in [3.8, 4) is 11.1 Å². The van der Waals surface area contributed by atoms with Gasteiger partial charge in [-0.25, -0.2) is 4.79 Å². The summed E-state index contributed by atoms with van der Waals surface area (Å²) in [5.41, 5.74) is 4.89. The maximum Gasteiger partial charge on any atom is 0.338 e. The van der Waals surface area contributed by atoms with E-state index in [4.69, 9.17) is 9.84 Å². The van der Waals surface area contributed by atoms with Gasteiger partial charge >= 0.3 is 5.97 Å². The molecule has 0 spiro atoms. The first-order valence-electron chi connectivity index (χ1n) is 7.33. The van der Waals surface area contributed by atoms with Crippen molar-refractivity contribution < 1.29 is 14.6 Å². The number of hydrogen-bond acceptors (Lipinski definition) is 3. The van der Waals surface area contributed by atoms with E-state index in [9.17, 15) is 4.79 Å². The lowest BCUT2D eigenvalue weighted by atomic mass is 10.0.